The molecule has 2 heteroatoms. The van der Waals surface area contributed by atoms with Crippen molar-refractivity contribution in [1.29, 1.82) is 0 Å². The first-order valence-electron chi connectivity index (χ1n) is 7.71. The van der Waals surface area contributed by atoms with Gasteiger partial charge < -0.3 is 9.73 Å². The Morgan fingerprint density at radius 1 is 1.21 bits per heavy atom. The lowest BCUT2D eigenvalue weighted by atomic mass is 9.91. The summed E-state index contributed by atoms with van der Waals surface area (Å²) in [4.78, 5) is 0. The molecule has 1 aromatic heterocycles. The van der Waals surface area contributed by atoms with Crippen LogP contribution in [0.2, 0.25) is 0 Å². The van der Waals surface area contributed by atoms with Gasteiger partial charge >= 0.3 is 0 Å². The van der Waals surface area contributed by atoms with E-state index in [1.807, 2.05) is 6.92 Å². The second-order valence-corrected chi connectivity index (χ2v) is 5.59. The first kappa shape index (κ1) is 14.4. The molecule has 0 aromatic carbocycles. The summed E-state index contributed by atoms with van der Waals surface area (Å²) in [6.45, 7) is 7.28. The molecular weight excluding hydrogens is 234 g/mol. The SMILES string of the molecule is CCNC(/C1=C/CCCCCC1)c1cc(C)oc1C. The van der Waals surface area contributed by atoms with Crippen LogP contribution in [0.5, 0.6) is 0 Å². The molecule has 0 saturated heterocycles. The van der Waals surface area contributed by atoms with E-state index in [1.54, 1.807) is 5.57 Å². The summed E-state index contributed by atoms with van der Waals surface area (Å²) in [5.74, 6) is 2.08. The monoisotopic (exact) mass is 261 g/mol. The molecule has 1 aliphatic rings. The molecule has 0 spiro atoms. The second kappa shape index (κ2) is 6.95. The van der Waals surface area contributed by atoms with Crippen molar-refractivity contribution in [3.8, 4) is 0 Å². The fourth-order valence-corrected chi connectivity index (χ4v) is 3.06. The molecule has 0 bridgehead atoms. The van der Waals surface area contributed by atoms with Crippen molar-refractivity contribution < 1.29 is 4.42 Å². The quantitative estimate of drug-likeness (QED) is 0.785. The van der Waals surface area contributed by atoms with Crippen molar-refractivity contribution >= 4 is 0 Å². The maximum absolute atomic E-state index is 5.72. The van der Waals surface area contributed by atoms with Crippen LogP contribution in [0, 0.1) is 13.8 Å². The van der Waals surface area contributed by atoms with Crippen LogP contribution < -0.4 is 5.32 Å². The Bertz CT molecular complexity index is 430. The lowest BCUT2D eigenvalue weighted by Crippen LogP contribution is -2.23. The zero-order chi connectivity index (χ0) is 13.7. The largest absolute Gasteiger partial charge is 0.466 e. The van der Waals surface area contributed by atoms with Gasteiger partial charge in [-0.3, -0.25) is 0 Å². The van der Waals surface area contributed by atoms with Gasteiger partial charge in [-0.15, -0.1) is 0 Å². The number of rotatable bonds is 4. The van der Waals surface area contributed by atoms with E-state index in [0.717, 1.165) is 18.1 Å². The molecule has 1 unspecified atom stereocenters. The third-order valence-corrected chi connectivity index (χ3v) is 4.00. The lowest BCUT2D eigenvalue weighted by molar-refractivity contribution is 0.490. The number of aryl methyl sites for hydroxylation is 2. The lowest BCUT2D eigenvalue weighted by Gasteiger charge is -2.23. The minimum absolute atomic E-state index is 0.348. The Balaban J connectivity index is 2.25. The van der Waals surface area contributed by atoms with Gasteiger partial charge in [0.15, 0.2) is 0 Å². The molecule has 2 nitrogen and oxygen atoms in total. The van der Waals surface area contributed by atoms with Gasteiger partial charge in [0.25, 0.3) is 0 Å². The number of allylic oxidation sites excluding steroid dienone is 1. The van der Waals surface area contributed by atoms with Crippen LogP contribution in [0.3, 0.4) is 0 Å². The van der Waals surface area contributed by atoms with Crippen molar-refractivity contribution in [3.63, 3.8) is 0 Å². The number of hydrogen-bond acceptors (Lipinski definition) is 2. The molecule has 0 saturated carbocycles. The minimum atomic E-state index is 0.348. The average molecular weight is 261 g/mol. The number of likely N-dealkylation sites (N-methyl/N-ethyl adjacent to an activating group) is 1. The summed E-state index contributed by atoms with van der Waals surface area (Å²) in [6.07, 6.45) is 10.3. The van der Waals surface area contributed by atoms with Crippen LogP contribution in [0.1, 0.15) is 68.6 Å². The predicted molar refractivity (Wildman–Crippen MR) is 80.4 cm³/mol. The summed E-state index contributed by atoms with van der Waals surface area (Å²) in [7, 11) is 0. The van der Waals surface area contributed by atoms with Gasteiger partial charge in [-0.1, -0.05) is 31.4 Å². The second-order valence-electron chi connectivity index (χ2n) is 5.59. The Kier molecular flexibility index (Phi) is 5.26. The molecule has 1 N–H and O–H groups in total. The van der Waals surface area contributed by atoms with Crippen molar-refractivity contribution in [2.75, 3.05) is 6.54 Å². The summed E-state index contributed by atoms with van der Waals surface area (Å²) >= 11 is 0. The Hall–Kier alpha value is -1.02. The molecule has 0 radical (unpaired) electrons. The summed E-state index contributed by atoms with van der Waals surface area (Å²) in [5, 5.41) is 3.64. The van der Waals surface area contributed by atoms with Crippen LogP contribution in [0.4, 0.5) is 0 Å². The van der Waals surface area contributed by atoms with Gasteiger partial charge in [-0.05, 0) is 52.1 Å². The zero-order valence-corrected chi connectivity index (χ0v) is 12.6. The molecule has 0 aliphatic heterocycles. The summed E-state index contributed by atoms with van der Waals surface area (Å²) in [5.41, 5.74) is 2.89. The van der Waals surface area contributed by atoms with Gasteiger partial charge in [-0.2, -0.15) is 0 Å². The average Bonchev–Trinajstić information content (AvgIpc) is 2.66. The smallest absolute Gasteiger partial charge is 0.106 e. The molecule has 1 aromatic rings. The highest BCUT2D eigenvalue weighted by Crippen LogP contribution is 2.32. The van der Waals surface area contributed by atoms with Gasteiger partial charge in [0.1, 0.15) is 11.5 Å². The van der Waals surface area contributed by atoms with E-state index in [1.165, 1.54) is 44.1 Å². The van der Waals surface area contributed by atoms with Crippen LogP contribution in [0.25, 0.3) is 0 Å². The summed E-state index contributed by atoms with van der Waals surface area (Å²) in [6, 6.07) is 2.54. The van der Waals surface area contributed by atoms with Crippen LogP contribution in [-0.4, -0.2) is 6.54 Å². The Morgan fingerprint density at radius 3 is 2.68 bits per heavy atom. The zero-order valence-electron chi connectivity index (χ0n) is 12.6. The maximum atomic E-state index is 5.72. The normalized spacial score (nSPS) is 21.3. The number of hydrogen-bond donors (Lipinski definition) is 1. The van der Waals surface area contributed by atoms with Gasteiger partial charge in [0.05, 0.1) is 6.04 Å². The van der Waals surface area contributed by atoms with Gasteiger partial charge in [-0.25, -0.2) is 0 Å². The molecule has 2 rings (SSSR count). The molecular formula is C17H27NO. The topological polar surface area (TPSA) is 25.2 Å². The molecule has 1 aliphatic carbocycles. The van der Waals surface area contributed by atoms with Crippen LogP contribution in [0.15, 0.2) is 22.1 Å². The number of nitrogens with one attached hydrogen (secondary N) is 1. The van der Waals surface area contributed by atoms with E-state index < -0.39 is 0 Å². The van der Waals surface area contributed by atoms with Gasteiger partial charge in [0.2, 0.25) is 0 Å². The molecule has 0 amide bonds. The Morgan fingerprint density at radius 2 is 2.00 bits per heavy atom. The van der Waals surface area contributed by atoms with E-state index in [-0.39, 0.29) is 0 Å². The van der Waals surface area contributed by atoms with Crippen molar-refractivity contribution in [1.82, 2.24) is 5.32 Å². The fourth-order valence-electron chi connectivity index (χ4n) is 3.06. The minimum Gasteiger partial charge on any atom is -0.466 e. The molecule has 1 heterocycles. The first-order chi connectivity index (χ1) is 9.22. The molecule has 19 heavy (non-hydrogen) atoms. The highest BCUT2D eigenvalue weighted by molar-refractivity contribution is 5.32. The summed E-state index contributed by atoms with van der Waals surface area (Å²) < 4.78 is 5.72. The molecule has 106 valence electrons. The maximum Gasteiger partial charge on any atom is 0.106 e. The third kappa shape index (κ3) is 3.73. The van der Waals surface area contributed by atoms with E-state index in [2.05, 4.69) is 31.3 Å². The van der Waals surface area contributed by atoms with Crippen molar-refractivity contribution in [2.45, 2.75) is 65.3 Å². The standard InChI is InChI=1S/C17H27NO/c1-4-18-17(16-12-13(2)19-14(16)3)15-10-8-6-5-7-9-11-15/h10,12,17-18H,4-9,11H2,1-3H3/b15-10+. The van der Waals surface area contributed by atoms with E-state index in [4.69, 9.17) is 4.42 Å². The van der Waals surface area contributed by atoms with E-state index in [9.17, 15) is 0 Å². The predicted octanol–water partition coefficient (Wildman–Crippen LogP) is 4.83. The van der Waals surface area contributed by atoms with Crippen LogP contribution in [-0.2, 0) is 0 Å². The van der Waals surface area contributed by atoms with E-state index >= 15 is 0 Å². The van der Waals surface area contributed by atoms with E-state index in [0.29, 0.717) is 6.04 Å². The van der Waals surface area contributed by atoms with Crippen LogP contribution >= 0.6 is 0 Å². The third-order valence-electron chi connectivity index (χ3n) is 4.00. The Labute approximate surface area is 117 Å². The molecule has 1 atom stereocenters. The van der Waals surface area contributed by atoms with Crippen molar-refractivity contribution in [2.24, 2.45) is 0 Å². The highest BCUT2D eigenvalue weighted by Gasteiger charge is 2.20. The highest BCUT2D eigenvalue weighted by atomic mass is 16.3. The molecule has 0 fully saturated rings. The first-order valence-corrected chi connectivity index (χ1v) is 7.71. The fraction of sp³-hybridized carbons (Fsp3) is 0.647. The van der Waals surface area contributed by atoms with Gasteiger partial charge in [0, 0.05) is 5.56 Å². The van der Waals surface area contributed by atoms with Crippen molar-refractivity contribution in [3.05, 3.63) is 34.8 Å². The number of furan rings is 1.